The smallest absolute Gasteiger partial charge is 0.131 e. The Morgan fingerprint density at radius 1 is 1.43 bits per heavy atom. The molecule has 1 unspecified atom stereocenters. The van der Waals surface area contributed by atoms with Gasteiger partial charge in [0.15, 0.2) is 0 Å². The average Bonchev–Trinajstić information content (AvgIpc) is 2.72. The molecular weight excluding hydrogens is 176 g/mol. The van der Waals surface area contributed by atoms with Gasteiger partial charge in [0.05, 0.1) is 0 Å². The van der Waals surface area contributed by atoms with E-state index in [1.165, 1.54) is 0 Å². The molecule has 0 radical (unpaired) electrons. The molecule has 1 aromatic heterocycles. The lowest BCUT2D eigenvalue weighted by Gasteiger charge is -2.19. The summed E-state index contributed by atoms with van der Waals surface area (Å²) in [5.41, 5.74) is 5.66. The Balaban J connectivity index is 1.70. The highest BCUT2D eigenvalue weighted by Gasteiger charge is 2.54. The molecule has 1 aliphatic carbocycles. The van der Waals surface area contributed by atoms with Crippen molar-refractivity contribution >= 4 is 5.82 Å². The van der Waals surface area contributed by atoms with Gasteiger partial charge in [0.2, 0.25) is 0 Å². The van der Waals surface area contributed by atoms with Crippen LogP contribution >= 0.6 is 0 Å². The van der Waals surface area contributed by atoms with Crippen molar-refractivity contribution < 1.29 is 0 Å². The van der Waals surface area contributed by atoms with Gasteiger partial charge < -0.3 is 10.6 Å². The van der Waals surface area contributed by atoms with Crippen LogP contribution < -0.4 is 10.6 Å². The van der Waals surface area contributed by atoms with Crippen molar-refractivity contribution in [1.29, 1.82) is 0 Å². The van der Waals surface area contributed by atoms with Gasteiger partial charge in [-0.2, -0.15) is 0 Å². The second kappa shape index (κ2) is 2.92. The zero-order chi connectivity index (χ0) is 9.54. The largest absolute Gasteiger partial charge is 0.356 e. The number of fused-ring (bicyclic) bond motifs is 1. The third-order valence-electron chi connectivity index (χ3n) is 3.53. The highest BCUT2D eigenvalue weighted by molar-refractivity contribution is 5.40. The quantitative estimate of drug-likeness (QED) is 0.719. The van der Waals surface area contributed by atoms with E-state index in [1.54, 1.807) is 12.5 Å². The molecule has 0 amide bonds. The summed E-state index contributed by atoms with van der Waals surface area (Å²) >= 11 is 0. The summed E-state index contributed by atoms with van der Waals surface area (Å²) in [6.45, 7) is 3.11. The van der Waals surface area contributed by atoms with Crippen molar-refractivity contribution in [3.05, 3.63) is 18.6 Å². The molecule has 1 saturated carbocycles. The third kappa shape index (κ3) is 1.10. The molecule has 1 aliphatic heterocycles. The predicted molar refractivity (Wildman–Crippen MR) is 53.8 cm³/mol. The van der Waals surface area contributed by atoms with Crippen LogP contribution in [0, 0.1) is 17.8 Å². The van der Waals surface area contributed by atoms with Crippen molar-refractivity contribution in [3.8, 4) is 0 Å². The molecule has 1 saturated heterocycles. The summed E-state index contributed by atoms with van der Waals surface area (Å²) in [4.78, 5) is 10.5. The molecule has 2 fully saturated rings. The van der Waals surface area contributed by atoms with Gasteiger partial charge in [-0.05, 0) is 30.4 Å². The highest BCUT2D eigenvalue weighted by atomic mass is 15.2. The maximum absolute atomic E-state index is 5.66. The molecule has 3 atom stereocenters. The summed E-state index contributed by atoms with van der Waals surface area (Å²) in [6, 6.07) is 1.97. The number of hydrogen-bond donors (Lipinski definition) is 1. The molecule has 74 valence electrons. The SMILES string of the molecule is NCC1[C@H]2CN(c3ccncn3)C[C@@H]12. The van der Waals surface area contributed by atoms with Gasteiger partial charge in [-0.25, -0.2) is 9.97 Å². The monoisotopic (exact) mass is 190 g/mol. The predicted octanol–water partition coefficient (Wildman–Crippen LogP) is 0.117. The zero-order valence-corrected chi connectivity index (χ0v) is 8.00. The molecule has 4 nitrogen and oxygen atoms in total. The molecule has 0 bridgehead atoms. The van der Waals surface area contributed by atoms with Gasteiger partial charge >= 0.3 is 0 Å². The lowest BCUT2D eigenvalue weighted by atomic mass is 10.2. The van der Waals surface area contributed by atoms with Crippen molar-refractivity contribution in [1.82, 2.24) is 9.97 Å². The topological polar surface area (TPSA) is 55.0 Å². The van der Waals surface area contributed by atoms with Crippen molar-refractivity contribution in [2.45, 2.75) is 0 Å². The zero-order valence-electron chi connectivity index (χ0n) is 8.00. The maximum Gasteiger partial charge on any atom is 0.131 e. The van der Waals surface area contributed by atoms with Crippen LogP contribution in [0.4, 0.5) is 5.82 Å². The Kier molecular flexibility index (Phi) is 1.70. The van der Waals surface area contributed by atoms with E-state index < -0.39 is 0 Å². The van der Waals surface area contributed by atoms with E-state index in [0.717, 1.165) is 43.2 Å². The van der Waals surface area contributed by atoms with Crippen LogP contribution in [-0.4, -0.2) is 29.6 Å². The van der Waals surface area contributed by atoms with Crippen LogP contribution in [0.1, 0.15) is 0 Å². The van der Waals surface area contributed by atoms with Gasteiger partial charge in [-0.1, -0.05) is 0 Å². The van der Waals surface area contributed by atoms with Crippen molar-refractivity contribution in [2.24, 2.45) is 23.5 Å². The molecule has 2 heterocycles. The van der Waals surface area contributed by atoms with E-state index in [-0.39, 0.29) is 0 Å². The maximum atomic E-state index is 5.66. The summed E-state index contributed by atoms with van der Waals surface area (Å²) in [5, 5.41) is 0. The third-order valence-corrected chi connectivity index (χ3v) is 3.53. The fraction of sp³-hybridized carbons (Fsp3) is 0.600. The van der Waals surface area contributed by atoms with E-state index >= 15 is 0 Å². The molecule has 14 heavy (non-hydrogen) atoms. The second-order valence-corrected chi connectivity index (χ2v) is 4.20. The van der Waals surface area contributed by atoms with Crippen LogP contribution in [0.25, 0.3) is 0 Å². The van der Waals surface area contributed by atoms with Crippen LogP contribution in [0.5, 0.6) is 0 Å². The second-order valence-electron chi connectivity index (χ2n) is 4.20. The number of piperidine rings is 1. The van der Waals surface area contributed by atoms with E-state index in [9.17, 15) is 0 Å². The first-order valence-electron chi connectivity index (χ1n) is 5.11. The minimum Gasteiger partial charge on any atom is -0.356 e. The number of aromatic nitrogens is 2. The molecule has 2 N–H and O–H groups in total. The van der Waals surface area contributed by atoms with E-state index in [2.05, 4.69) is 14.9 Å². The fourth-order valence-electron chi connectivity index (χ4n) is 2.66. The molecule has 0 spiro atoms. The van der Waals surface area contributed by atoms with Crippen LogP contribution in [0.2, 0.25) is 0 Å². The Labute approximate surface area is 83.1 Å². The van der Waals surface area contributed by atoms with Crippen molar-refractivity contribution in [3.63, 3.8) is 0 Å². The number of nitrogens with zero attached hydrogens (tertiary/aromatic N) is 3. The van der Waals surface area contributed by atoms with Gasteiger partial charge in [0, 0.05) is 19.3 Å². The summed E-state index contributed by atoms with van der Waals surface area (Å²) in [5.74, 6) is 3.50. The normalized spacial score (nSPS) is 34.4. The average molecular weight is 190 g/mol. The Morgan fingerprint density at radius 2 is 2.21 bits per heavy atom. The van der Waals surface area contributed by atoms with Gasteiger partial charge in [-0.3, -0.25) is 0 Å². The molecular formula is C10H14N4. The lowest BCUT2D eigenvalue weighted by molar-refractivity contribution is 0.643. The minimum atomic E-state index is 0.785. The lowest BCUT2D eigenvalue weighted by Crippen LogP contribution is -2.26. The van der Waals surface area contributed by atoms with Crippen LogP contribution in [0.15, 0.2) is 18.6 Å². The van der Waals surface area contributed by atoms with Gasteiger partial charge in [0.1, 0.15) is 12.1 Å². The fourth-order valence-corrected chi connectivity index (χ4v) is 2.66. The van der Waals surface area contributed by atoms with E-state index in [4.69, 9.17) is 5.73 Å². The van der Waals surface area contributed by atoms with Crippen molar-refractivity contribution in [2.75, 3.05) is 24.5 Å². The first-order chi connectivity index (χ1) is 6.90. The Hall–Kier alpha value is -1.16. The number of rotatable bonds is 2. The molecule has 4 heteroatoms. The number of hydrogen-bond acceptors (Lipinski definition) is 4. The molecule has 3 rings (SSSR count). The molecule has 2 aliphatic rings. The summed E-state index contributed by atoms with van der Waals surface area (Å²) in [7, 11) is 0. The summed E-state index contributed by atoms with van der Waals surface area (Å²) in [6.07, 6.45) is 3.41. The molecule has 0 aromatic carbocycles. The first-order valence-corrected chi connectivity index (χ1v) is 5.11. The Bertz CT molecular complexity index is 314. The highest BCUT2D eigenvalue weighted by Crippen LogP contribution is 2.51. The number of nitrogens with two attached hydrogens (primary N) is 1. The van der Waals surface area contributed by atoms with Gasteiger partial charge in [0.25, 0.3) is 0 Å². The minimum absolute atomic E-state index is 0.785. The van der Waals surface area contributed by atoms with Gasteiger partial charge in [-0.15, -0.1) is 0 Å². The Morgan fingerprint density at radius 3 is 2.79 bits per heavy atom. The standard InChI is InChI=1S/C10H14N4/c11-3-7-8-4-14(5-9(7)8)10-1-2-12-6-13-10/h1-2,6-9H,3-5,11H2/t7?,8-,9+. The van der Waals surface area contributed by atoms with Crippen LogP contribution in [-0.2, 0) is 0 Å². The molecule has 1 aromatic rings. The van der Waals surface area contributed by atoms with Crippen LogP contribution in [0.3, 0.4) is 0 Å². The van der Waals surface area contributed by atoms with E-state index in [0.29, 0.717) is 0 Å². The number of anilines is 1. The summed E-state index contributed by atoms with van der Waals surface area (Å²) < 4.78 is 0. The van der Waals surface area contributed by atoms with E-state index in [1.807, 2.05) is 6.07 Å². The first kappa shape index (κ1) is 8.17.